The fourth-order valence-corrected chi connectivity index (χ4v) is 4.19. The lowest BCUT2D eigenvalue weighted by Gasteiger charge is -2.26. The van der Waals surface area contributed by atoms with Crippen LogP contribution in [0.15, 0.2) is 47.5 Å². The molecule has 1 saturated carbocycles. The maximum atomic E-state index is 13.3. The van der Waals surface area contributed by atoms with Crippen LogP contribution >= 0.6 is 0 Å². The summed E-state index contributed by atoms with van der Waals surface area (Å²) < 4.78 is 8.70. The van der Waals surface area contributed by atoms with Crippen LogP contribution in [0.5, 0.6) is 0 Å². The van der Waals surface area contributed by atoms with Crippen LogP contribution < -0.4 is 11.0 Å². The quantitative estimate of drug-likeness (QED) is 0.632. The van der Waals surface area contributed by atoms with E-state index in [1.165, 1.54) is 12.8 Å². The molecule has 0 bridgehead atoms. The minimum Gasteiger partial charge on any atom is -0.361 e. The molecule has 0 aliphatic heterocycles. The number of hydrogen-bond acceptors (Lipinski definition) is 5. The monoisotopic (exact) mass is 421 g/mol. The number of nitrogens with zero attached hydrogens (tertiary/aromatic N) is 4. The van der Waals surface area contributed by atoms with E-state index < -0.39 is 0 Å². The third-order valence-electron chi connectivity index (χ3n) is 6.17. The predicted octanol–water partition coefficient (Wildman–Crippen LogP) is 4.56. The molecule has 1 aliphatic carbocycles. The molecule has 0 spiro atoms. The number of rotatable bonds is 6. The molecule has 0 amide bonds. The number of benzene rings is 1. The highest BCUT2D eigenvalue weighted by atomic mass is 16.5. The van der Waals surface area contributed by atoms with Crippen molar-refractivity contribution in [3.8, 4) is 17.1 Å². The lowest BCUT2D eigenvalue weighted by Crippen LogP contribution is -2.26. The number of imidazole rings is 1. The van der Waals surface area contributed by atoms with Crippen LogP contribution in [0.2, 0.25) is 0 Å². The van der Waals surface area contributed by atoms with Crippen molar-refractivity contribution in [1.82, 2.24) is 19.1 Å². The Morgan fingerprint density at radius 3 is 2.68 bits per heavy atom. The van der Waals surface area contributed by atoms with Gasteiger partial charge >= 0.3 is 5.69 Å². The zero-order chi connectivity index (χ0) is 22.0. The van der Waals surface area contributed by atoms with E-state index in [9.17, 15) is 4.79 Å². The van der Waals surface area contributed by atoms with E-state index in [1.807, 2.05) is 50.4 Å². The van der Waals surface area contributed by atoms with E-state index in [0.29, 0.717) is 23.4 Å². The summed E-state index contributed by atoms with van der Waals surface area (Å²) in [5, 5.41) is 3.49. The predicted molar refractivity (Wildman–Crippen MR) is 123 cm³/mol. The van der Waals surface area contributed by atoms with Crippen molar-refractivity contribution < 1.29 is 4.74 Å². The maximum absolute atomic E-state index is 13.3. The lowest BCUT2D eigenvalue weighted by atomic mass is 9.87. The Kier molecular flexibility index (Phi) is 6.23. The molecule has 0 saturated heterocycles. The molecule has 7 nitrogen and oxygen atoms in total. The summed E-state index contributed by atoms with van der Waals surface area (Å²) in [6.45, 7) is 6.17. The molecule has 0 radical (unpaired) electrons. The first-order valence-corrected chi connectivity index (χ1v) is 11.0. The number of ether oxygens (including phenoxy) is 1. The van der Waals surface area contributed by atoms with Crippen LogP contribution in [0.25, 0.3) is 17.1 Å². The number of methoxy groups -OCH3 is 1. The van der Waals surface area contributed by atoms with Gasteiger partial charge in [0, 0.05) is 25.5 Å². The van der Waals surface area contributed by atoms with Gasteiger partial charge in [0.25, 0.3) is 0 Å². The molecule has 1 atom stereocenters. The van der Waals surface area contributed by atoms with Crippen LogP contribution in [0, 0.1) is 12.8 Å². The number of aromatic nitrogens is 4. The van der Waals surface area contributed by atoms with Crippen LogP contribution in [-0.2, 0) is 4.74 Å². The Morgan fingerprint density at radius 2 is 1.97 bits per heavy atom. The van der Waals surface area contributed by atoms with Crippen molar-refractivity contribution in [2.75, 3.05) is 12.4 Å². The molecule has 2 aromatic heterocycles. The molecule has 7 heteroatoms. The highest BCUT2D eigenvalue weighted by Gasteiger charge is 2.21. The molecular formula is C24H31N5O2. The zero-order valence-corrected chi connectivity index (χ0v) is 18.7. The molecular weight excluding hydrogens is 390 g/mol. The number of hydrogen-bond donors (Lipinski definition) is 1. The van der Waals surface area contributed by atoms with E-state index >= 15 is 0 Å². The molecule has 4 rings (SSSR count). The molecule has 31 heavy (non-hydrogen) atoms. The first-order valence-electron chi connectivity index (χ1n) is 11.0. The lowest BCUT2D eigenvalue weighted by molar-refractivity contribution is 0.0575. The third kappa shape index (κ3) is 4.56. The number of aryl methyl sites for hydroxylation is 1. The van der Waals surface area contributed by atoms with Gasteiger partial charge in [0.2, 0.25) is 5.95 Å². The maximum Gasteiger partial charge on any atom is 0.335 e. The Labute approximate surface area is 183 Å². The van der Waals surface area contributed by atoms with Gasteiger partial charge in [-0.25, -0.2) is 14.8 Å². The summed E-state index contributed by atoms with van der Waals surface area (Å²) in [5.74, 6) is 1.39. The van der Waals surface area contributed by atoms with E-state index in [2.05, 4.69) is 17.2 Å². The summed E-state index contributed by atoms with van der Waals surface area (Å²) in [4.78, 5) is 22.5. The highest BCUT2D eigenvalue weighted by molar-refractivity contribution is 5.59. The summed E-state index contributed by atoms with van der Waals surface area (Å²) in [7, 11) is 1.60. The molecule has 1 fully saturated rings. The standard InChI is InChI=1S/C24H31N5O2/c1-16-8-10-19(11-9-16)26-23-25-13-12-21(27-23)22-15-28(18(3)31-4)24(30)29(22)20-7-5-6-17(2)14-20/h5-7,12-16,18-19H,8-11H2,1-4H3,(H,25,26,27). The fourth-order valence-electron chi connectivity index (χ4n) is 4.19. The molecule has 1 aromatic carbocycles. The SMILES string of the molecule is COC(C)n1cc(-c2ccnc(NC3CCC(C)CC3)n2)n(-c2cccc(C)c2)c1=O. The van der Waals surface area contributed by atoms with Gasteiger partial charge in [-0.1, -0.05) is 19.1 Å². The molecule has 2 heterocycles. The van der Waals surface area contributed by atoms with E-state index in [0.717, 1.165) is 30.0 Å². The normalized spacial score (nSPS) is 19.9. The zero-order valence-electron chi connectivity index (χ0n) is 18.7. The average Bonchev–Trinajstić information content (AvgIpc) is 3.12. The first kappa shape index (κ1) is 21.3. The minimum atomic E-state index is -0.388. The van der Waals surface area contributed by atoms with Crippen molar-refractivity contribution in [2.24, 2.45) is 5.92 Å². The average molecular weight is 422 g/mol. The van der Waals surface area contributed by atoms with Gasteiger partial charge in [0.15, 0.2) is 0 Å². The second-order valence-electron chi connectivity index (χ2n) is 8.58. The summed E-state index contributed by atoms with van der Waals surface area (Å²) >= 11 is 0. The Morgan fingerprint density at radius 1 is 1.19 bits per heavy atom. The van der Waals surface area contributed by atoms with Gasteiger partial charge in [0.1, 0.15) is 6.23 Å². The van der Waals surface area contributed by atoms with Crippen molar-refractivity contribution in [3.05, 3.63) is 58.8 Å². The minimum absolute atomic E-state index is 0.163. The molecule has 1 unspecified atom stereocenters. The van der Waals surface area contributed by atoms with Crippen LogP contribution in [0.4, 0.5) is 5.95 Å². The highest BCUT2D eigenvalue weighted by Crippen LogP contribution is 2.27. The Balaban J connectivity index is 1.74. The summed E-state index contributed by atoms with van der Waals surface area (Å²) in [5.41, 5.74) is 3.13. The second kappa shape index (κ2) is 9.06. The van der Waals surface area contributed by atoms with E-state index in [-0.39, 0.29) is 11.9 Å². The van der Waals surface area contributed by atoms with Gasteiger partial charge in [-0.15, -0.1) is 0 Å². The van der Waals surface area contributed by atoms with Crippen LogP contribution in [-0.4, -0.2) is 32.3 Å². The third-order valence-corrected chi connectivity index (χ3v) is 6.17. The second-order valence-corrected chi connectivity index (χ2v) is 8.58. The molecule has 164 valence electrons. The van der Waals surface area contributed by atoms with Gasteiger partial charge in [-0.3, -0.25) is 9.13 Å². The van der Waals surface area contributed by atoms with E-state index in [4.69, 9.17) is 9.72 Å². The first-order chi connectivity index (χ1) is 15.0. The van der Waals surface area contributed by atoms with Crippen molar-refractivity contribution in [2.45, 2.75) is 58.7 Å². The van der Waals surface area contributed by atoms with Crippen molar-refractivity contribution >= 4 is 5.95 Å². The molecule has 3 aromatic rings. The van der Waals surface area contributed by atoms with Gasteiger partial charge in [-0.05, 0) is 69.2 Å². The van der Waals surface area contributed by atoms with E-state index in [1.54, 1.807) is 22.4 Å². The number of anilines is 1. The smallest absolute Gasteiger partial charge is 0.335 e. The largest absolute Gasteiger partial charge is 0.361 e. The van der Waals surface area contributed by atoms with Gasteiger partial charge in [-0.2, -0.15) is 0 Å². The van der Waals surface area contributed by atoms with Gasteiger partial charge in [0.05, 0.1) is 17.1 Å². The van der Waals surface area contributed by atoms with Gasteiger partial charge < -0.3 is 10.1 Å². The topological polar surface area (TPSA) is 74.0 Å². The summed E-state index contributed by atoms with van der Waals surface area (Å²) in [6.07, 6.45) is 7.88. The van der Waals surface area contributed by atoms with Crippen LogP contribution in [0.1, 0.15) is 51.3 Å². The summed E-state index contributed by atoms with van der Waals surface area (Å²) in [6, 6.07) is 10.1. The fraction of sp³-hybridized carbons (Fsp3) is 0.458. The Hall–Kier alpha value is -2.93. The number of nitrogens with one attached hydrogen (secondary N) is 1. The molecule has 1 aliphatic rings. The Bertz CT molecular complexity index is 1100. The van der Waals surface area contributed by atoms with Crippen LogP contribution in [0.3, 0.4) is 0 Å². The van der Waals surface area contributed by atoms with Crippen molar-refractivity contribution in [3.63, 3.8) is 0 Å². The van der Waals surface area contributed by atoms with Crippen molar-refractivity contribution in [1.29, 1.82) is 0 Å². The molecule has 1 N–H and O–H groups in total.